The molecule has 3 N–H and O–H groups in total. The summed E-state index contributed by atoms with van der Waals surface area (Å²) in [5.74, 6) is -0.0308. The number of nitrogens with one attached hydrogen (secondary N) is 1. The molecule has 0 spiro atoms. The molecule has 1 aliphatic rings. The van der Waals surface area contributed by atoms with Crippen molar-refractivity contribution in [1.29, 1.82) is 0 Å². The number of rotatable bonds is 4. The van der Waals surface area contributed by atoms with Gasteiger partial charge in [-0.2, -0.15) is 0 Å². The van der Waals surface area contributed by atoms with Gasteiger partial charge in [-0.25, -0.2) is 4.98 Å². The van der Waals surface area contributed by atoms with Crippen molar-refractivity contribution in [3.63, 3.8) is 0 Å². The summed E-state index contributed by atoms with van der Waals surface area (Å²) in [5, 5.41) is 4.17. The molecule has 1 amide bonds. The third kappa shape index (κ3) is 4.45. The molecule has 2 aromatic rings. The van der Waals surface area contributed by atoms with E-state index >= 15 is 0 Å². The van der Waals surface area contributed by atoms with E-state index in [0.717, 1.165) is 46.8 Å². The van der Waals surface area contributed by atoms with Gasteiger partial charge in [0.1, 0.15) is 5.01 Å². The van der Waals surface area contributed by atoms with Crippen molar-refractivity contribution in [3.8, 4) is 10.6 Å². The van der Waals surface area contributed by atoms with Gasteiger partial charge in [-0.05, 0) is 33.6 Å². The fourth-order valence-corrected chi connectivity index (χ4v) is 4.76. The first-order valence-electron chi connectivity index (χ1n) is 9.00. The van der Waals surface area contributed by atoms with Crippen molar-refractivity contribution in [3.05, 3.63) is 40.9 Å². The average Bonchev–Trinajstić information content (AvgIpc) is 2.97. The first-order valence-corrected chi connectivity index (χ1v) is 9.82. The number of carbonyl (C=O) groups excluding carboxylic acids is 1. The van der Waals surface area contributed by atoms with E-state index in [4.69, 9.17) is 10.7 Å². The zero-order valence-electron chi connectivity index (χ0n) is 15.6. The van der Waals surface area contributed by atoms with Gasteiger partial charge < -0.3 is 11.1 Å². The first-order chi connectivity index (χ1) is 11.9. The van der Waals surface area contributed by atoms with E-state index in [0.29, 0.717) is 0 Å². The Hall–Kier alpha value is -1.43. The van der Waals surface area contributed by atoms with Gasteiger partial charge in [0, 0.05) is 11.1 Å². The van der Waals surface area contributed by atoms with Gasteiger partial charge >= 0.3 is 0 Å². The molecule has 0 saturated heterocycles. The van der Waals surface area contributed by atoms with Gasteiger partial charge in [-0.3, -0.25) is 4.79 Å². The molecule has 1 aliphatic carbocycles. The van der Waals surface area contributed by atoms with Gasteiger partial charge in [-0.1, -0.05) is 43.2 Å². The zero-order chi connectivity index (χ0) is 18.0. The van der Waals surface area contributed by atoms with E-state index in [-0.39, 0.29) is 30.3 Å². The molecule has 6 heteroatoms. The average molecular weight is 394 g/mol. The maximum Gasteiger partial charge on any atom is 0.225 e. The first kappa shape index (κ1) is 20.9. The van der Waals surface area contributed by atoms with Crippen LogP contribution in [-0.4, -0.2) is 16.4 Å². The monoisotopic (exact) mass is 393 g/mol. The minimum Gasteiger partial charge on any atom is -0.348 e. The number of amides is 1. The molecule has 0 bridgehead atoms. The number of hydrogen-bond donors (Lipinski definition) is 2. The standard InChI is InChI=1S/C20H27N3OS.ClH/c1-13(22-18(24)16-11-7-8-12-20(16,3)21)17-14(2)23-19(25-17)15-9-5-4-6-10-15;/h4-6,9-10,13,16H,7-8,11-12,21H2,1-3H3,(H,22,24);1H. The predicted octanol–water partition coefficient (Wildman–Crippen LogP) is 4.63. The largest absolute Gasteiger partial charge is 0.348 e. The normalized spacial score (nSPS) is 23.8. The molecule has 3 unspecified atom stereocenters. The van der Waals surface area contributed by atoms with Crippen LogP contribution in [0.15, 0.2) is 30.3 Å². The van der Waals surface area contributed by atoms with Crippen LogP contribution in [0.4, 0.5) is 0 Å². The van der Waals surface area contributed by atoms with E-state index in [1.165, 1.54) is 0 Å². The molecule has 142 valence electrons. The molecular weight excluding hydrogens is 366 g/mol. The molecule has 3 atom stereocenters. The number of nitrogens with zero attached hydrogens (tertiary/aromatic N) is 1. The highest BCUT2D eigenvalue weighted by Gasteiger charge is 2.38. The third-order valence-electron chi connectivity index (χ3n) is 5.18. The van der Waals surface area contributed by atoms with E-state index in [9.17, 15) is 4.79 Å². The predicted molar refractivity (Wildman–Crippen MR) is 111 cm³/mol. The Morgan fingerprint density at radius 2 is 2.04 bits per heavy atom. The minimum atomic E-state index is -0.403. The van der Waals surface area contributed by atoms with E-state index in [1.807, 2.05) is 39.0 Å². The van der Waals surface area contributed by atoms with Crippen LogP contribution < -0.4 is 11.1 Å². The highest BCUT2D eigenvalue weighted by atomic mass is 35.5. The maximum absolute atomic E-state index is 12.8. The number of aryl methyl sites for hydroxylation is 1. The molecule has 0 radical (unpaired) electrons. The molecule has 0 aliphatic heterocycles. The van der Waals surface area contributed by atoms with Crippen LogP contribution >= 0.6 is 23.7 Å². The van der Waals surface area contributed by atoms with Gasteiger partial charge in [-0.15, -0.1) is 23.7 Å². The topological polar surface area (TPSA) is 68.0 Å². The van der Waals surface area contributed by atoms with Crippen molar-refractivity contribution < 1.29 is 4.79 Å². The Labute approximate surface area is 166 Å². The van der Waals surface area contributed by atoms with Crippen LogP contribution in [0.1, 0.15) is 56.1 Å². The smallest absolute Gasteiger partial charge is 0.225 e. The molecule has 1 heterocycles. The third-order valence-corrected chi connectivity index (χ3v) is 6.57. The summed E-state index contributed by atoms with van der Waals surface area (Å²) >= 11 is 1.65. The SMILES string of the molecule is Cc1nc(-c2ccccc2)sc1C(C)NC(=O)C1CCCCC1(C)N.Cl. The second kappa shape index (κ2) is 8.51. The van der Waals surface area contributed by atoms with Crippen molar-refractivity contribution in [2.45, 2.75) is 58.0 Å². The van der Waals surface area contributed by atoms with Crippen molar-refractivity contribution in [2.24, 2.45) is 11.7 Å². The summed E-state index contributed by atoms with van der Waals surface area (Å²) in [4.78, 5) is 18.6. The molecular formula is C20H28ClN3OS. The lowest BCUT2D eigenvalue weighted by atomic mass is 9.74. The highest BCUT2D eigenvalue weighted by molar-refractivity contribution is 7.15. The summed E-state index contributed by atoms with van der Waals surface area (Å²) in [6.45, 7) is 6.05. The number of nitrogens with two attached hydrogens (primary N) is 1. The summed E-state index contributed by atoms with van der Waals surface area (Å²) in [5.41, 5.74) is 8.07. The molecule has 3 rings (SSSR count). The van der Waals surface area contributed by atoms with Crippen molar-refractivity contribution in [1.82, 2.24) is 10.3 Å². The number of thiazole rings is 1. The molecule has 1 aromatic carbocycles. The molecule has 4 nitrogen and oxygen atoms in total. The van der Waals surface area contributed by atoms with Crippen LogP contribution in [0, 0.1) is 12.8 Å². The van der Waals surface area contributed by atoms with Gasteiger partial charge in [0.15, 0.2) is 0 Å². The lowest BCUT2D eigenvalue weighted by Crippen LogP contribution is -2.53. The molecule has 1 fully saturated rings. The number of halogens is 1. The fourth-order valence-electron chi connectivity index (χ4n) is 3.68. The maximum atomic E-state index is 12.8. The lowest BCUT2D eigenvalue weighted by molar-refractivity contribution is -0.128. The number of hydrogen-bond acceptors (Lipinski definition) is 4. The Morgan fingerprint density at radius 3 is 2.69 bits per heavy atom. The van der Waals surface area contributed by atoms with E-state index in [1.54, 1.807) is 11.3 Å². The summed E-state index contributed by atoms with van der Waals surface area (Å²) in [6, 6.07) is 10.1. The Bertz CT molecular complexity index is 745. The number of carbonyl (C=O) groups is 1. The Balaban J connectivity index is 0.00000243. The number of aromatic nitrogens is 1. The van der Waals surface area contributed by atoms with Gasteiger partial charge in [0.25, 0.3) is 0 Å². The second-order valence-electron chi connectivity index (χ2n) is 7.37. The van der Waals surface area contributed by atoms with E-state index < -0.39 is 5.54 Å². The van der Waals surface area contributed by atoms with Gasteiger partial charge in [0.05, 0.1) is 22.5 Å². The van der Waals surface area contributed by atoms with Crippen LogP contribution in [-0.2, 0) is 4.79 Å². The quantitative estimate of drug-likeness (QED) is 0.795. The molecule has 1 aromatic heterocycles. The minimum absolute atomic E-state index is 0. The summed E-state index contributed by atoms with van der Waals surface area (Å²) in [6.07, 6.45) is 3.98. The van der Waals surface area contributed by atoms with Gasteiger partial charge in [0.2, 0.25) is 5.91 Å². The van der Waals surface area contributed by atoms with Crippen LogP contribution in [0.2, 0.25) is 0 Å². The summed E-state index contributed by atoms with van der Waals surface area (Å²) < 4.78 is 0. The van der Waals surface area contributed by atoms with E-state index in [2.05, 4.69) is 17.4 Å². The van der Waals surface area contributed by atoms with Crippen molar-refractivity contribution in [2.75, 3.05) is 0 Å². The van der Waals surface area contributed by atoms with Crippen LogP contribution in [0.3, 0.4) is 0 Å². The van der Waals surface area contributed by atoms with Crippen LogP contribution in [0.5, 0.6) is 0 Å². The van der Waals surface area contributed by atoms with Crippen LogP contribution in [0.25, 0.3) is 10.6 Å². The highest BCUT2D eigenvalue weighted by Crippen LogP contribution is 2.34. The Kier molecular flexibility index (Phi) is 6.83. The molecule has 26 heavy (non-hydrogen) atoms. The zero-order valence-corrected chi connectivity index (χ0v) is 17.3. The van der Waals surface area contributed by atoms with Crippen molar-refractivity contribution >= 4 is 29.7 Å². The second-order valence-corrected chi connectivity index (χ2v) is 8.40. The molecule has 1 saturated carbocycles. The summed E-state index contributed by atoms with van der Waals surface area (Å²) in [7, 11) is 0. The lowest BCUT2D eigenvalue weighted by Gasteiger charge is -2.37. The fraction of sp³-hybridized carbons (Fsp3) is 0.500. The Morgan fingerprint density at radius 1 is 1.35 bits per heavy atom. The number of benzene rings is 1.